The molecule has 0 heterocycles. The number of rotatable bonds is 2. The molecule has 1 aliphatic rings. The third-order valence-corrected chi connectivity index (χ3v) is 3.12. The maximum absolute atomic E-state index is 13.4. The molecule has 0 amide bonds. The Morgan fingerprint density at radius 1 is 1.33 bits per heavy atom. The SMILES string of the molecule is COc1ccc(C2(O)CCCC2)cc1F. The normalized spacial score (nSPS) is 19.1. The van der Waals surface area contributed by atoms with Crippen molar-refractivity contribution < 1.29 is 14.2 Å². The Morgan fingerprint density at radius 3 is 2.53 bits per heavy atom. The van der Waals surface area contributed by atoms with E-state index < -0.39 is 11.4 Å². The van der Waals surface area contributed by atoms with Gasteiger partial charge >= 0.3 is 0 Å². The van der Waals surface area contributed by atoms with Gasteiger partial charge in [-0.1, -0.05) is 18.9 Å². The number of methoxy groups -OCH3 is 1. The Balaban J connectivity index is 2.33. The van der Waals surface area contributed by atoms with Crippen LogP contribution in [0, 0.1) is 5.82 Å². The fourth-order valence-electron chi connectivity index (χ4n) is 2.20. The molecule has 2 rings (SSSR count). The van der Waals surface area contributed by atoms with E-state index >= 15 is 0 Å². The molecule has 0 aromatic heterocycles. The highest BCUT2D eigenvalue weighted by Gasteiger charge is 2.33. The zero-order chi connectivity index (χ0) is 10.9. The lowest BCUT2D eigenvalue weighted by molar-refractivity contribution is 0.0441. The highest BCUT2D eigenvalue weighted by atomic mass is 19.1. The van der Waals surface area contributed by atoms with Crippen molar-refractivity contribution in [2.24, 2.45) is 0 Å². The molecule has 0 saturated heterocycles. The maximum Gasteiger partial charge on any atom is 0.165 e. The van der Waals surface area contributed by atoms with Crippen LogP contribution in [0.3, 0.4) is 0 Å². The van der Waals surface area contributed by atoms with E-state index in [1.807, 2.05) is 0 Å². The molecule has 15 heavy (non-hydrogen) atoms. The molecule has 1 aliphatic carbocycles. The summed E-state index contributed by atoms with van der Waals surface area (Å²) in [5.41, 5.74) is -0.161. The second kappa shape index (κ2) is 3.81. The van der Waals surface area contributed by atoms with Crippen LogP contribution in [0.4, 0.5) is 4.39 Å². The van der Waals surface area contributed by atoms with Crippen LogP contribution in [0.5, 0.6) is 5.75 Å². The number of benzene rings is 1. The lowest BCUT2D eigenvalue weighted by Gasteiger charge is -2.22. The lowest BCUT2D eigenvalue weighted by Crippen LogP contribution is -2.20. The van der Waals surface area contributed by atoms with E-state index in [0.717, 1.165) is 25.7 Å². The Kier molecular flexibility index (Phi) is 2.65. The first-order valence-electron chi connectivity index (χ1n) is 5.22. The minimum atomic E-state index is -0.826. The molecule has 1 aromatic rings. The molecule has 0 radical (unpaired) electrons. The van der Waals surface area contributed by atoms with Gasteiger partial charge in [-0.05, 0) is 30.5 Å². The highest BCUT2D eigenvalue weighted by molar-refractivity contribution is 5.33. The molecular weight excluding hydrogens is 195 g/mol. The smallest absolute Gasteiger partial charge is 0.165 e. The largest absolute Gasteiger partial charge is 0.494 e. The van der Waals surface area contributed by atoms with Gasteiger partial charge in [-0.25, -0.2) is 4.39 Å². The number of halogens is 1. The standard InChI is InChI=1S/C12H15FO2/c1-15-11-5-4-9(8-10(11)13)12(14)6-2-3-7-12/h4-5,8,14H,2-3,6-7H2,1H3. The molecule has 3 heteroatoms. The zero-order valence-electron chi connectivity index (χ0n) is 8.79. The molecule has 1 fully saturated rings. The Hall–Kier alpha value is -1.09. The first-order valence-corrected chi connectivity index (χ1v) is 5.22. The lowest BCUT2D eigenvalue weighted by atomic mass is 9.92. The third-order valence-electron chi connectivity index (χ3n) is 3.12. The quantitative estimate of drug-likeness (QED) is 0.813. The molecule has 0 unspecified atom stereocenters. The van der Waals surface area contributed by atoms with Crippen LogP contribution in [0.15, 0.2) is 18.2 Å². The Labute approximate surface area is 88.7 Å². The fraction of sp³-hybridized carbons (Fsp3) is 0.500. The molecule has 1 N–H and O–H groups in total. The van der Waals surface area contributed by atoms with Gasteiger partial charge in [-0.15, -0.1) is 0 Å². The average molecular weight is 210 g/mol. The van der Waals surface area contributed by atoms with E-state index in [1.165, 1.54) is 13.2 Å². The predicted molar refractivity (Wildman–Crippen MR) is 55.3 cm³/mol. The van der Waals surface area contributed by atoms with Gasteiger partial charge in [0.1, 0.15) is 0 Å². The second-order valence-corrected chi connectivity index (χ2v) is 4.09. The van der Waals surface area contributed by atoms with Crippen LogP contribution in [0.25, 0.3) is 0 Å². The van der Waals surface area contributed by atoms with Gasteiger partial charge in [0.2, 0.25) is 0 Å². The van der Waals surface area contributed by atoms with Crippen molar-refractivity contribution in [3.8, 4) is 5.75 Å². The molecule has 0 bridgehead atoms. The van der Waals surface area contributed by atoms with Crippen LogP contribution >= 0.6 is 0 Å². The van der Waals surface area contributed by atoms with Crippen LogP contribution in [-0.4, -0.2) is 12.2 Å². The van der Waals surface area contributed by atoms with Crippen molar-refractivity contribution in [2.45, 2.75) is 31.3 Å². The van der Waals surface area contributed by atoms with Gasteiger partial charge in [0.05, 0.1) is 12.7 Å². The first-order chi connectivity index (χ1) is 7.15. The first kappa shape index (κ1) is 10.4. The van der Waals surface area contributed by atoms with Crippen molar-refractivity contribution >= 4 is 0 Å². The molecule has 0 spiro atoms. The minimum absolute atomic E-state index is 0.223. The molecule has 82 valence electrons. The molecule has 1 aromatic carbocycles. The molecule has 2 nitrogen and oxygen atoms in total. The molecule has 0 aliphatic heterocycles. The minimum Gasteiger partial charge on any atom is -0.494 e. The summed E-state index contributed by atoms with van der Waals surface area (Å²) in [5, 5.41) is 10.2. The summed E-state index contributed by atoms with van der Waals surface area (Å²) in [6.07, 6.45) is 3.45. The van der Waals surface area contributed by atoms with E-state index in [4.69, 9.17) is 4.74 Å². The van der Waals surface area contributed by atoms with E-state index in [-0.39, 0.29) is 5.75 Å². The molecular formula is C12H15FO2. The Bertz CT molecular complexity index is 357. The summed E-state index contributed by atoms with van der Waals surface area (Å²) in [6, 6.07) is 4.69. The van der Waals surface area contributed by atoms with Gasteiger partial charge in [-0.3, -0.25) is 0 Å². The second-order valence-electron chi connectivity index (χ2n) is 4.09. The van der Waals surface area contributed by atoms with Gasteiger partial charge in [0.15, 0.2) is 11.6 Å². The van der Waals surface area contributed by atoms with Gasteiger partial charge in [0.25, 0.3) is 0 Å². The summed E-state index contributed by atoms with van der Waals surface area (Å²) in [7, 11) is 1.43. The summed E-state index contributed by atoms with van der Waals surface area (Å²) in [6.45, 7) is 0. The highest BCUT2D eigenvalue weighted by Crippen LogP contribution is 2.39. The maximum atomic E-state index is 13.4. The summed E-state index contributed by atoms with van der Waals surface area (Å²) in [5.74, 6) is -0.185. The van der Waals surface area contributed by atoms with Crippen molar-refractivity contribution in [1.82, 2.24) is 0 Å². The van der Waals surface area contributed by atoms with Gasteiger partial charge < -0.3 is 9.84 Å². The van der Waals surface area contributed by atoms with Crippen LogP contribution in [-0.2, 0) is 5.60 Å². The predicted octanol–water partition coefficient (Wildman–Crippen LogP) is 2.60. The van der Waals surface area contributed by atoms with Crippen molar-refractivity contribution in [1.29, 1.82) is 0 Å². The fourth-order valence-corrected chi connectivity index (χ4v) is 2.20. The number of hydrogen-bond acceptors (Lipinski definition) is 2. The third kappa shape index (κ3) is 1.84. The van der Waals surface area contributed by atoms with Crippen molar-refractivity contribution in [3.05, 3.63) is 29.6 Å². The molecule has 0 atom stereocenters. The van der Waals surface area contributed by atoms with Crippen molar-refractivity contribution in [3.63, 3.8) is 0 Å². The van der Waals surface area contributed by atoms with Crippen LogP contribution < -0.4 is 4.74 Å². The van der Waals surface area contributed by atoms with Crippen molar-refractivity contribution in [2.75, 3.05) is 7.11 Å². The van der Waals surface area contributed by atoms with E-state index in [0.29, 0.717) is 5.56 Å². The monoisotopic (exact) mass is 210 g/mol. The van der Waals surface area contributed by atoms with E-state index in [1.54, 1.807) is 12.1 Å². The van der Waals surface area contributed by atoms with Crippen LogP contribution in [0.1, 0.15) is 31.2 Å². The van der Waals surface area contributed by atoms with Gasteiger partial charge in [-0.2, -0.15) is 0 Å². The van der Waals surface area contributed by atoms with Gasteiger partial charge in [0, 0.05) is 0 Å². The van der Waals surface area contributed by atoms with Crippen LogP contribution in [0.2, 0.25) is 0 Å². The van der Waals surface area contributed by atoms with E-state index in [2.05, 4.69) is 0 Å². The zero-order valence-corrected chi connectivity index (χ0v) is 8.79. The average Bonchev–Trinajstić information content (AvgIpc) is 2.66. The topological polar surface area (TPSA) is 29.5 Å². The van der Waals surface area contributed by atoms with E-state index in [9.17, 15) is 9.50 Å². The Morgan fingerprint density at radius 2 is 2.00 bits per heavy atom. The number of aliphatic hydroxyl groups is 1. The number of hydrogen-bond donors (Lipinski definition) is 1. The summed E-state index contributed by atoms with van der Waals surface area (Å²) >= 11 is 0. The summed E-state index contributed by atoms with van der Waals surface area (Å²) in [4.78, 5) is 0. The molecule has 1 saturated carbocycles. The summed E-state index contributed by atoms with van der Waals surface area (Å²) < 4.78 is 18.3. The number of ether oxygens (including phenoxy) is 1.